The van der Waals surface area contributed by atoms with E-state index >= 15 is 0 Å². The summed E-state index contributed by atoms with van der Waals surface area (Å²) in [6.07, 6.45) is 77.2. The fourth-order valence-corrected chi connectivity index (χ4v) is 9.98. The number of carbonyl (C=O) groups excluding carboxylic acids is 2. The van der Waals surface area contributed by atoms with Crippen LogP contribution in [0.3, 0.4) is 0 Å². The molecule has 75 heavy (non-hydrogen) atoms. The van der Waals surface area contributed by atoms with Gasteiger partial charge in [0.2, 0.25) is 0 Å². The molecule has 0 saturated carbocycles. The average Bonchev–Trinajstić information content (AvgIpc) is 3.40. The number of phosphoric acid groups is 1. The summed E-state index contributed by atoms with van der Waals surface area (Å²) in [4.78, 5) is 35.3. The third kappa shape index (κ3) is 60.8. The van der Waals surface area contributed by atoms with Gasteiger partial charge < -0.3 is 20.1 Å². The summed E-state index contributed by atoms with van der Waals surface area (Å²) in [5.41, 5.74) is 5.39. The van der Waals surface area contributed by atoms with E-state index in [1.165, 1.54) is 218 Å². The lowest BCUT2D eigenvalue weighted by atomic mass is 10.0. The summed E-state index contributed by atoms with van der Waals surface area (Å²) in [6.45, 7) is 3.68. The van der Waals surface area contributed by atoms with E-state index in [0.29, 0.717) is 6.42 Å². The number of unbranched alkanes of at least 4 members (excludes halogenated alkanes) is 37. The van der Waals surface area contributed by atoms with Gasteiger partial charge >= 0.3 is 19.8 Å². The van der Waals surface area contributed by atoms with Crippen molar-refractivity contribution in [3.63, 3.8) is 0 Å². The van der Waals surface area contributed by atoms with Crippen LogP contribution < -0.4 is 5.73 Å². The molecule has 0 saturated heterocycles. The van der Waals surface area contributed by atoms with Gasteiger partial charge in [0, 0.05) is 19.4 Å². The Bertz CT molecular complexity index is 1410. The van der Waals surface area contributed by atoms with Crippen LogP contribution in [0.15, 0.2) is 60.8 Å². The van der Waals surface area contributed by atoms with Crippen LogP contribution in [0.5, 0.6) is 0 Å². The Hall–Kier alpha value is -2.29. The Kier molecular flexibility index (Phi) is 59.1. The number of esters is 2. The lowest BCUT2D eigenvalue weighted by molar-refractivity contribution is -0.161. The van der Waals surface area contributed by atoms with Gasteiger partial charge in [-0.3, -0.25) is 18.6 Å². The number of carbonyl (C=O) groups is 2. The summed E-state index contributed by atoms with van der Waals surface area (Å²) >= 11 is 0. The molecule has 0 fully saturated rings. The SMILES string of the molecule is CC/C=C\C/C=C\C/C=C\C/C=C\CCCCCCCCCCCCCCCCCCCCCCC(=O)OC(COC(=O)CCCCCCCCCCC/C=C\CCCCCCCCCC)COP(=O)(O)OCCN. The van der Waals surface area contributed by atoms with Crippen LogP contribution in [-0.2, 0) is 32.7 Å². The zero-order valence-corrected chi connectivity index (χ0v) is 49.9. The first kappa shape index (κ1) is 72.7. The molecule has 0 aromatic rings. The number of allylic oxidation sites excluding steroid dienone is 10. The van der Waals surface area contributed by atoms with Crippen molar-refractivity contribution in [1.82, 2.24) is 0 Å². The quantitative estimate of drug-likeness (QED) is 0.0264. The second-order valence-electron chi connectivity index (χ2n) is 21.2. The monoisotopic (exact) mass is 1070 g/mol. The first-order valence-corrected chi connectivity index (χ1v) is 33.3. The van der Waals surface area contributed by atoms with Crippen LogP contribution in [0, 0.1) is 0 Å². The minimum atomic E-state index is -4.39. The highest BCUT2D eigenvalue weighted by molar-refractivity contribution is 7.47. The maximum Gasteiger partial charge on any atom is 0.472 e. The summed E-state index contributed by atoms with van der Waals surface area (Å²) in [5, 5.41) is 0. The van der Waals surface area contributed by atoms with Crippen LogP contribution >= 0.6 is 7.82 Å². The Balaban J connectivity index is 3.87. The molecule has 0 radical (unpaired) electrons. The highest BCUT2D eigenvalue weighted by Gasteiger charge is 2.26. The van der Waals surface area contributed by atoms with Gasteiger partial charge in [0.1, 0.15) is 6.61 Å². The van der Waals surface area contributed by atoms with Crippen molar-refractivity contribution in [3.8, 4) is 0 Å². The van der Waals surface area contributed by atoms with Crippen molar-refractivity contribution in [2.75, 3.05) is 26.4 Å². The predicted octanol–water partition coefficient (Wildman–Crippen LogP) is 20.3. The van der Waals surface area contributed by atoms with Gasteiger partial charge in [0.05, 0.1) is 13.2 Å². The van der Waals surface area contributed by atoms with Crippen molar-refractivity contribution in [2.45, 2.75) is 315 Å². The number of hydrogen-bond acceptors (Lipinski definition) is 8. The normalized spacial score (nSPS) is 13.4. The van der Waals surface area contributed by atoms with Crippen LogP contribution in [0.4, 0.5) is 0 Å². The molecule has 9 nitrogen and oxygen atoms in total. The van der Waals surface area contributed by atoms with Gasteiger partial charge in [0.15, 0.2) is 6.10 Å². The third-order valence-electron chi connectivity index (χ3n) is 13.9. The minimum Gasteiger partial charge on any atom is -0.462 e. The second kappa shape index (κ2) is 60.9. The van der Waals surface area contributed by atoms with E-state index in [1.54, 1.807) is 0 Å². The molecule has 0 aromatic heterocycles. The maximum absolute atomic E-state index is 12.7. The van der Waals surface area contributed by atoms with E-state index in [0.717, 1.165) is 57.8 Å². The molecule has 0 amide bonds. The van der Waals surface area contributed by atoms with Crippen molar-refractivity contribution < 1.29 is 37.6 Å². The van der Waals surface area contributed by atoms with E-state index in [2.05, 4.69) is 74.6 Å². The van der Waals surface area contributed by atoms with Crippen LogP contribution in [0.1, 0.15) is 309 Å². The maximum atomic E-state index is 12.7. The lowest BCUT2D eigenvalue weighted by Gasteiger charge is -2.19. The third-order valence-corrected chi connectivity index (χ3v) is 14.9. The molecular weight excluding hydrogens is 954 g/mol. The molecule has 2 unspecified atom stereocenters. The zero-order chi connectivity index (χ0) is 54.5. The van der Waals surface area contributed by atoms with Crippen molar-refractivity contribution in [3.05, 3.63) is 60.8 Å². The topological polar surface area (TPSA) is 134 Å². The number of ether oxygens (including phenoxy) is 2. The standard InChI is InChI=1S/C65H120NO8P/c1-3-5-7-9-11-13-15-17-19-21-23-25-26-27-28-29-30-31-32-33-34-35-36-38-40-42-44-46-48-50-52-54-56-58-65(68)74-63(62-73-75(69,70)72-60-59-66)61-71-64(67)57-55-53-51-49-47-45-43-41-39-37-24-22-20-18-16-14-12-10-8-6-4-2/h5,7,11,13,17,19,22-25,63H,3-4,6,8-10,12,14-16,18,20-21,26-62,66H2,1-2H3,(H,69,70)/b7-5-,13-11-,19-17-,24-22-,25-23-. The zero-order valence-electron chi connectivity index (χ0n) is 49.0. The van der Waals surface area contributed by atoms with E-state index in [4.69, 9.17) is 24.3 Å². The van der Waals surface area contributed by atoms with Gasteiger partial charge in [-0.2, -0.15) is 0 Å². The lowest BCUT2D eigenvalue weighted by Crippen LogP contribution is -2.29. The number of hydrogen-bond donors (Lipinski definition) is 2. The van der Waals surface area contributed by atoms with Crippen molar-refractivity contribution in [2.24, 2.45) is 5.73 Å². The van der Waals surface area contributed by atoms with Gasteiger partial charge in [-0.15, -0.1) is 0 Å². The van der Waals surface area contributed by atoms with Gasteiger partial charge in [-0.25, -0.2) is 4.57 Å². The molecule has 0 heterocycles. The Morgan fingerprint density at radius 1 is 0.413 bits per heavy atom. The first-order valence-electron chi connectivity index (χ1n) is 31.8. The highest BCUT2D eigenvalue weighted by atomic mass is 31.2. The molecular formula is C65H120NO8P. The van der Waals surface area contributed by atoms with Gasteiger partial charge in [-0.1, -0.05) is 280 Å². The molecule has 2 atom stereocenters. The molecule has 0 aliphatic rings. The predicted molar refractivity (Wildman–Crippen MR) is 321 cm³/mol. The number of phosphoric ester groups is 1. The van der Waals surface area contributed by atoms with E-state index in [-0.39, 0.29) is 38.6 Å². The summed E-state index contributed by atoms with van der Waals surface area (Å²) in [6, 6.07) is 0. The second-order valence-corrected chi connectivity index (χ2v) is 22.7. The molecule has 0 aromatic carbocycles. The largest absolute Gasteiger partial charge is 0.472 e. The number of nitrogens with two attached hydrogens (primary N) is 1. The van der Waals surface area contributed by atoms with Crippen LogP contribution in [0.25, 0.3) is 0 Å². The molecule has 0 rings (SSSR count). The fraction of sp³-hybridized carbons (Fsp3) is 0.815. The Labute approximate surface area is 463 Å². The molecule has 0 aliphatic carbocycles. The highest BCUT2D eigenvalue weighted by Crippen LogP contribution is 2.43. The summed E-state index contributed by atoms with van der Waals surface area (Å²) in [7, 11) is -4.39. The minimum absolute atomic E-state index is 0.0538. The van der Waals surface area contributed by atoms with Crippen LogP contribution in [-0.4, -0.2) is 49.3 Å². The molecule has 3 N–H and O–H groups in total. The van der Waals surface area contributed by atoms with Crippen molar-refractivity contribution in [1.29, 1.82) is 0 Å². The summed E-state index contributed by atoms with van der Waals surface area (Å²) in [5.74, 6) is -0.816. The van der Waals surface area contributed by atoms with E-state index in [1.807, 2.05) is 0 Å². The van der Waals surface area contributed by atoms with Gasteiger partial charge in [-0.05, 0) is 77.0 Å². The molecule has 0 aliphatic heterocycles. The molecule has 10 heteroatoms. The van der Waals surface area contributed by atoms with E-state index < -0.39 is 26.5 Å². The van der Waals surface area contributed by atoms with E-state index in [9.17, 15) is 19.0 Å². The fourth-order valence-electron chi connectivity index (χ4n) is 9.21. The Morgan fingerprint density at radius 3 is 1.11 bits per heavy atom. The summed E-state index contributed by atoms with van der Waals surface area (Å²) < 4.78 is 33.1. The van der Waals surface area contributed by atoms with Gasteiger partial charge in [0.25, 0.3) is 0 Å². The molecule has 0 spiro atoms. The van der Waals surface area contributed by atoms with Crippen molar-refractivity contribution >= 4 is 19.8 Å². The Morgan fingerprint density at radius 2 is 0.733 bits per heavy atom. The van der Waals surface area contributed by atoms with Crippen LogP contribution in [0.2, 0.25) is 0 Å². The average molecular weight is 1070 g/mol. The first-order chi connectivity index (χ1) is 36.8. The molecule has 438 valence electrons. The smallest absolute Gasteiger partial charge is 0.462 e. The number of rotatable bonds is 60. The molecule has 0 bridgehead atoms.